The zero-order chi connectivity index (χ0) is 17.2. The zero-order valence-electron chi connectivity index (χ0n) is 14.1. The van der Waals surface area contributed by atoms with Crippen LogP contribution < -0.4 is 10.3 Å². The largest absolute Gasteiger partial charge is 0.494 e. The molecule has 2 aromatic carbocycles. The summed E-state index contributed by atoms with van der Waals surface area (Å²) < 4.78 is 7.59. The first-order valence-corrected chi connectivity index (χ1v) is 9.61. The molecule has 25 heavy (non-hydrogen) atoms. The Morgan fingerprint density at radius 2 is 1.92 bits per heavy atom. The van der Waals surface area contributed by atoms with Crippen molar-refractivity contribution >= 4 is 22.7 Å². The average molecular weight is 352 g/mol. The van der Waals surface area contributed by atoms with Gasteiger partial charge >= 0.3 is 0 Å². The van der Waals surface area contributed by atoms with Crippen LogP contribution in [-0.4, -0.2) is 16.2 Å². The lowest BCUT2D eigenvalue weighted by molar-refractivity contribution is 0.337. The molecule has 1 aliphatic carbocycles. The number of benzene rings is 2. The second-order valence-corrected chi connectivity index (χ2v) is 7.09. The van der Waals surface area contributed by atoms with Gasteiger partial charge in [-0.1, -0.05) is 42.1 Å². The van der Waals surface area contributed by atoms with E-state index in [0.29, 0.717) is 18.0 Å². The minimum Gasteiger partial charge on any atom is -0.494 e. The highest BCUT2D eigenvalue weighted by Crippen LogP contribution is 2.38. The van der Waals surface area contributed by atoms with Gasteiger partial charge in [0.15, 0.2) is 5.16 Å². The van der Waals surface area contributed by atoms with E-state index in [-0.39, 0.29) is 5.56 Å². The maximum atomic E-state index is 12.9. The van der Waals surface area contributed by atoms with Crippen LogP contribution in [0.1, 0.15) is 31.4 Å². The summed E-state index contributed by atoms with van der Waals surface area (Å²) in [6.07, 6.45) is 2.12. The fourth-order valence-electron chi connectivity index (χ4n) is 2.94. The lowest BCUT2D eigenvalue weighted by Gasteiger charge is -2.13. The fourth-order valence-corrected chi connectivity index (χ4v) is 4.00. The molecule has 5 heteroatoms. The van der Waals surface area contributed by atoms with Crippen LogP contribution in [0.4, 0.5) is 0 Å². The number of hydrogen-bond donors (Lipinski definition) is 0. The highest BCUT2D eigenvalue weighted by Gasteiger charge is 2.28. The van der Waals surface area contributed by atoms with E-state index < -0.39 is 0 Å². The summed E-state index contributed by atoms with van der Waals surface area (Å²) in [5, 5.41) is 1.51. The molecule has 1 fully saturated rings. The molecule has 4 rings (SSSR count). The van der Waals surface area contributed by atoms with Crippen molar-refractivity contribution in [2.24, 2.45) is 0 Å². The maximum absolute atomic E-state index is 12.9. The van der Waals surface area contributed by atoms with Gasteiger partial charge in [0.2, 0.25) is 0 Å². The second-order valence-electron chi connectivity index (χ2n) is 6.15. The van der Waals surface area contributed by atoms with Gasteiger partial charge in [-0.15, -0.1) is 0 Å². The lowest BCUT2D eigenvalue weighted by atomic mass is 10.2. The smallest absolute Gasteiger partial charge is 0.262 e. The molecule has 0 amide bonds. The number of nitrogens with zero attached hydrogens (tertiary/aromatic N) is 2. The maximum Gasteiger partial charge on any atom is 0.262 e. The van der Waals surface area contributed by atoms with Gasteiger partial charge in [0.1, 0.15) is 5.75 Å². The molecule has 0 unspecified atom stereocenters. The van der Waals surface area contributed by atoms with E-state index in [1.807, 2.05) is 54.0 Å². The fraction of sp³-hybridized carbons (Fsp3) is 0.300. The van der Waals surface area contributed by atoms with Crippen LogP contribution in [0.25, 0.3) is 10.9 Å². The highest BCUT2D eigenvalue weighted by molar-refractivity contribution is 7.98. The van der Waals surface area contributed by atoms with Gasteiger partial charge in [-0.05, 0) is 38.0 Å². The Morgan fingerprint density at radius 3 is 2.72 bits per heavy atom. The molecule has 0 bridgehead atoms. The summed E-state index contributed by atoms with van der Waals surface area (Å²) in [6, 6.07) is 15.9. The van der Waals surface area contributed by atoms with Crippen molar-refractivity contribution in [3.05, 3.63) is 64.4 Å². The number of para-hydroxylation sites is 2. The van der Waals surface area contributed by atoms with E-state index in [1.165, 1.54) is 0 Å². The van der Waals surface area contributed by atoms with Gasteiger partial charge in [-0.2, -0.15) is 0 Å². The Balaban J connectivity index is 1.70. The van der Waals surface area contributed by atoms with Crippen molar-refractivity contribution in [3.8, 4) is 5.75 Å². The van der Waals surface area contributed by atoms with E-state index in [9.17, 15) is 4.79 Å². The van der Waals surface area contributed by atoms with Crippen molar-refractivity contribution < 1.29 is 4.74 Å². The molecule has 0 saturated heterocycles. The SMILES string of the molecule is CCOc1ccccc1CSc1nc2ccccc2c(=O)n1C1CC1. The van der Waals surface area contributed by atoms with Crippen molar-refractivity contribution in [1.82, 2.24) is 9.55 Å². The topological polar surface area (TPSA) is 44.1 Å². The van der Waals surface area contributed by atoms with E-state index in [2.05, 4.69) is 6.07 Å². The van der Waals surface area contributed by atoms with Gasteiger partial charge < -0.3 is 4.74 Å². The van der Waals surface area contributed by atoms with Gasteiger partial charge in [0.05, 0.1) is 17.5 Å². The molecule has 1 aliphatic rings. The number of aromatic nitrogens is 2. The van der Waals surface area contributed by atoms with E-state index in [1.54, 1.807) is 11.8 Å². The van der Waals surface area contributed by atoms with Crippen LogP contribution >= 0.6 is 11.8 Å². The normalized spacial score (nSPS) is 14.0. The quantitative estimate of drug-likeness (QED) is 0.486. The van der Waals surface area contributed by atoms with Gasteiger partial charge in [-0.3, -0.25) is 9.36 Å². The Labute approximate surface area is 150 Å². The molecular weight excluding hydrogens is 332 g/mol. The van der Waals surface area contributed by atoms with E-state index >= 15 is 0 Å². The molecular formula is C20H20N2O2S. The van der Waals surface area contributed by atoms with Crippen LogP contribution in [0.5, 0.6) is 5.75 Å². The number of ether oxygens (including phenoxy) is 1. The molecule has 1 heterocycles. The van der Waals surface area contributed by atoms with Gasteiger partial charge in [0.25, 0.3) is 5.56 Å². The molecule has 1 aromatic heterocycles. The molecule has 4 nitrogen and oxygen atoms in total. The molecule has 1 saturated carbocycles. The minimum absolute atomic E-state index is 0.0775. The van der Waals surface area contributed by atoms with Crippen LogP contribution in [0, 0.1) is 0 Å². The third kappa shape index (κ3) is 3.29. The van der Waals surface area contributed by atoms with Crippen molar-refractivity contribution in [3.63, 3.8) is 0 Å². The zero-order valence-corrected chi connectivity index (χ0v) is 15.0. The first kappa shape index (κ1) is 16.2. The third-order valence-electron chi connectivity index (χ3n) is 4.32. The minimum atomic E-state index is 0.0775. The first-order chi connectivity index (χ1) is 12.3. The Kier molecular flexibility index (Phi) is 4.49. The molecule has 3 aromatic rings. The average Bonchev–Trinajstić information content (AvgIpc) is 3.46. The molecule has 0 atom stereocenters. The van der Waals surface area contributed by atoms with Crippen LogP contribution in [0.15, 0.2) is 58.5 Å². The number of hydrogen-bond acceptors (Lipinski definition) is 4. The Bertz CT molecular complexity index is 963. The lowest BCUT2D eigenvalue weighted by Crippen LogP contribution is -2.22. The Hall–Kier alpha value is -2.27. The van der Waals surface area contributed by atoms with Crippen molar-refractivity contribution in [2.75, 3.05) is 6.61 Å². The number of thioether (sulfide) groups is 1. The van der Waals surface area contributed by atoms with E-state index in [4.69, 9.17) is 9.72 Å². The molecule has 0 aliphatic heterocycles. The van der Waals surface area contributed by atoms with Crippen LogP contribution in [0.3, 0.4) is 0 Å². The standard InChI is InChI=1S/C20H20N2O2S/c1-2-24-18-10-6-3-7-14(18)13-25-20-21-17-9-5-4-8-16(17)19(23)22(20)15-11-12-15/h3-10,15H,2,11-13H2,1H3. The molecule has 0 N–H and O–H groups in total. The van der Waals surface area contributed by atoms with Gasteiger partial charge in [-0.25, -0.2) is 4.98 Å². The summed E-state index contributed by atoms with van der Waals surface area (Å²) in [7, 11) is 0. The third-order valence-corrected chi connectivity index (χ3v) is 5.32. The second kappa shape index (κ2) is 6.92. The molecule has 128 valence electrons. The van der Waals surface area contributed by atoms with Crippen molar-refractivity contribution in [2.45, 2.75) is 36.7 Å². The summed E-state index contributed by atoms with van der Waals surface area (Å²) in [6.45, 7) is 2.63. The number of fused-ring (bicyclic) bond motifs is 1. The monoisotopic (exact) mass is 352 g/mol. The summed E-state index contributed by atoms with van der Waals surface area (Å²) in [5.74, 6) is 1.63. The summed E-state index contributed by atoms with van der Waals surface area (Å²) in [5.41, 5.74) is 1.97. The summed E-state index contributed by atoms with van der Waals surface area (Å²) >= 11 is 1.61. The van der Waals surface area contributed by atoms with E-state index in [0.717, 1.165) is 40.6 Å². The summed E-state index contributed by atoms with van der Waals surface area (Å²) in [4.78, 5) is 17.7. The Morgan fingerprint density at radius 1 is 1.16 bits per heavy atom. The highest BCUT2D eigenvalue weighted by atomic mass is 32.2. The van der Waals surface area contributed by atoms with Crippen LogP contribution in [0.2, 0.25) is 0 Å². The predicted octanol–water partition coefficient (Wildman–Crippen LogP) is 4.42. The predicted molar refractivity (Wildman–Crippen MR) is 101 cm³/mol. The van der Waals surface area contributed by atoms with Crippen molar-refractivity contribution in [1.29, 1.82) is 0 Å². The molecule has 0 radical (unpaired) electrons. The molecule has 0 spiro atoms. The first-order valence-electron chi connectivity index (χ1n) is 8.62. The number of rotatable bonds is 6. The van der Waals surface area contributed by atoms with Gasteiger partial charge in [0, 0.05) is 17.4 Å². The van der Waals surface area contributed by atoms with Crippen LogP contribution in [-0.2, 0) is 5.75 Å².